The highest BCUT2D eigenvalue weighted by Gasteiger charge is 1.86. The summed E-state index contributed by atoms with van der Waals surface area (Å²) in [6.45, 7) is 0. The predicted octanol–water partition coefficient (Wildman–Crippen LogP) is -1.07. The Labute approximate surface area is 56.2 Å². The van der Waals surface area contributed by atoms with E-state index < -0.39 is 12.1 Å². The summed E-state index contributed by atoms with van der Waals surface area (Å²) in [4.78, 5) is 19.3. The summed E-state index contributed by atoms with van der Waals surface area (Å²) < 4.78 is 0. The van der Waals surface area contributed by atoms with Crippen molar-refractivity contribution in [2.45, 2.75) is 0 Å². The maximum atomic E-state index is 9.66. The van der Waals surface area contributed by atoms with E-state index >= 15 is 0 Å². The van der Waals surface area contributed by atoms with Crippen molar-refractivity contribution in [2.24, 2.45) is 21.7 Å². The summed E-state index contributed by atoms with van der Waals surface area (Å²) in [7, 11) is 0. The topological polar surface area (TPSA) is 177 Å². The first kappa shape index (κ1) is 15.8. The highest BCUT2D eigenvalue weighted by Crippen LogP contribution is 1.72. The minimum absolute atomic E-state index is 0. The number of nitrogens with two attached hydrogens (primary N) is 2. The Morgan fingerprint density at radius 1 is 1.00 bits per heavy atom. The summed E-state index contributed by atoms with van der Waals surface area (Å²) in [5, 5.41) is 5.23. The van der Waals surface area contributed by atoms with E-state index in [-0.39, 0.29) is 11.6 Å². The van der Waals surface area contributed by atoms with Crippen molar-refractivity contribution in [1.29, 1.82) is 0 Å². The molecule has 0 atom stereocenters. The van der Waals surface area contributed by atoms with E-state index in [1.165, 1.54) is 0 Å². The molecule has 0 unspecified atom stereocenters. The minimum atomic E-state index is -1.04. The van der Waals surface area contributed by atoms with Gasteiger partial charge in [-0.2, -0.15) is 0 Å². The molecule has 0 bridgehead atoms. The zero-order valence-electron chi connectivity index (χ0n) is 5.07. The van der Waals surface area contributed by atoms with E-state index in [0.717, 1.165) is 0 Å². The highest BCUT2D eigenvalue weighted by atomic mass is 16.2. The molecule has 0 spiro atoms. The van der Waals surface area contributed by atoms with Crippen LogP contribution in [-0.4, -0.2) is 17.5 Å². The van der Waals surface area contributed by atoms with Crippen molar-refractivity contribution in [1.82, 2.24) is 6.15 Å². The Kier molecular flexibility index (Phi) is 11.8. The fourth-order valence-corrected chi connectivity index (χ4v) is 0.0986. The molecule has 9 N–H and O–H groups in total. The zero-order valence-corrected chi connectivity index (χ0v) is 5.07. The molecule has 0 heterocycles. The van der Waals surface area contributed by atoms with Gasteiger partial charge in [0.05, 0.1) is 0 Å². The Hall–Kier alpha value is -1.54. The molecule has 0 aromatic carbocycles. The molecule has 8 heteroatoms. The van der Waals surface area contributed by atoms with Crippen LogP contribution in [0.1, 0.15) is 0 Å². The third-order valence-corrected chi connectivity index (χ3v) is 0.247. The maximum Gasteiger partial charge on any atom is 0.357 e. The summed E-state index contributed by atoms with van der Waals surface area (Å²) in [6.07, 6.45) is 0. The molecule has 0 radical (unpaired) electrons. The molecule has 0 saturated heterocycles. The van der Waals surface area contributed by atoms with Crippen molar-refractivity contribution >= 4 is 12.1 Å². The van der Waals surface area contributed by atoms with Crippen LogP contribution in [0.15, 0.2) is 10.2 Å². The lowest BCUT2D eigenvalue weighted by Crippen LogP contribution is -2.07. The largest absolute Gasteiger partial charge is 0.412 e. The third-order valence-electron chi connectivity index (χ3n) is 0.247. The standard InChI is InChI=1S/C2H4N4O2.H3N.H2O/c3-1(7)5-6-2(4)8;;/h(H2,3,7)(H2,4,8);1H3;1H2. The quantitative estimate of drug-likeness (QED) is 0.374. The monoisotopic (exact) mass is 151 g/mol. The van der Waals surface area contributed by atoms with Crippen LogP contribution in [0, 0.1) is 0 Å². The van der Waals surface area contributed by atoms with Gasteiger partial charge in [0.2, 0.25) is 0 Å². The van der Waals surface area contributed by atoms with Gasteiger partial charge in [0.25, 0.3) is 0 Å². The Morgan fingerprint density at radius 2 is 1.20 bits per heavy atom. The van der Waals surface area contributed by atoms with Crippen LogP contribution in [-0.2, 0) is 0 Å². The molecular formula is C2H9N5O3. The number of carbonyl (C=O) groups is 2. The first-order chi connectivity index (χ1) is 3.63. The van der Waals surface area contributed by atoms with Gasteiger partial charge < -0.3 is 23.1 Å². The molecule has 0 saturated carbocycles. The Bertz CT molecular complexity index is 126. The zero-order chi connectivity index (χ0) is 6.57. The smallest absolute Gasteiger partial charge is 0.357 e. The van der Waals surface area contributed by atoms with Crippen LogP contribution in [0.2, 0.25) is 0 Å². The Morgan fingerprint density at radius 3 is 1.30 bits per heavy atom. The average Bonchev–Trinajstić information content (AvgIpc) is 1.61. The Balaban J connectivity index is -0.000000245. The van der Waals surface area contributed by atoms with E-state index in [2.05, 4.69) is 21.7 Å². The van der Waals surface area contributed by atoms with Gasteiger partial charge in [-0.25, -0.2) is 9.59 Å². The van der Waals surface area contributed by atoms with Crippen LogP contribution in [0.3, 0.4) is 0 Å². The van der Waals surface area contributed by atoms with Gasteiger partial charge in [-0.15, -0.1) is 0 Å². The van der Waals surface area contributed by atoms with Gasteiger partial charge in [-0.05, 0) is 0 Å². The number of hydrogen-bond acceptors (Lipinski definition) is 3. The number of hydrogen-bond donors (Lipinski definition) is 3. The second-order valence-corrected chi connectivity index (χ2v) is 0.876. The van der Waals surface area contributed by atoms with Gasteiger partial charge in [0.1, 0.15) is 0 Å². The SMILES string of the molecule is N.NC(=O)N=NC(N)=O.O. The third kappa shape index (κ3) is 16.1. The summed E-state index contributed by atoms with van der Waals surface area (Å²) in [5.41, 5.74) is 8.87. The van der Waals surface area contributed by atoms with Crippen molar-refractivity contribution < 1.29 is 15.1 Å². The van der Waals surface area contributed by atoms with Crippen molar-refractivity contribution in [3.8, 4) is 0 Å². The van der Waals surface area contributed by atoms with Crippen LogP contribution >= 0.6 is 0 Å². The van der Waals surface area contributed by atoms with Crippen LogP contribution < -0.4 is 17.6 Å². The predicted molar refractivity (Wildman–Crippen MR) is 32.7 cm³/mol. The number of primary amides is 2. The van der Waals surface area contributed by atoms with Crippen LogP contribution in [0.4, 0.5) is 9.59 Å². The van der Waals surface area contributed by atoms with Gasteiger partial charge in [-0.3, -0.25) is 0 Å². The fraction of sp³-hybridized carbons (Fsp3) is 0. The van der Waals surface area contributed by atoms with Gasteiger partial charge in [0.15, 0.2) is 0 Å². The number of rotatable bonds is 0. The van der Waals surface area contributed by atoms with Crippen molar-refractivity contribution in [2.75, 3.05) is 0 Å². The van der Waals surface area contributed by atoms with Crippen molar-refractivity contribution in [3.63, 3.8) is 0 Å². The fourth-order valence-electron chi connectivity index (χ4n) is 0.0986. The molecule has 4 amide bonds. The molecule has 10 heavy (non-hydrogen) atoms. The first-order valence-electron chi connectivity index (χ1n) is 1.63. The number of carbonyl (C=O) groups excluding carboxylic acids is 2. The lowest BCUT2D eigenvalue weighted by Gasteiger charge is -1.74. The van der Waals surface area contributed by atoms with E-state index in [0.29, 0.717) is 0 Å². The van der Waals surface area contributed by atoms with Crippen LogP contribution in [0.25, 0.3) is 0 Å². The van der Waals surface area contributed by atoms with E-state index in [4.69, 9.17) is 0 Å². The van der Waals surface area contributed by atoms with E-state index in [9.17, 15) is 9.59 Å². The number of amides is 4. The highest BCUT2D eigenvalue weighted by molar-refractivity contribution is 5.77. The lowest BCUT2D eigenvalue weighted by molar-refractivity contribution is 0.249. The number of urea groups is 2. The maximum absolute atomic E-state index is 9.66. The molecule has 60 valence electrons. The minimum Gasteiger partial charge on any atom is -0.412 e. The molecule has 0 aliphatic carbocycles. The second kappa shape index (κ2) is 7.46. The van der Waals surface area contributed by atoms with Gasteiger partial charge >= 0.3 is 12.1 Å². The van der Waals surface area contributed by atoms with E-state index in [1.54, 1.807) is 0 Å². The molecule has 0 aliphatic rings. The molecule has 0 rings (SSSR count). The molecular weight excluding hydrogens is 142 g/mol. The summed E-state index contributed by atoms with van der Waals surface area (Å²) in [5.74, 6) is 0. The number of azo groups is 1. The van der Waals surface area contributed by atoms with Crippen LogP contribution in [0.5, 0.6) is 0 Å². The number of nitrogens with zero attached hydrogens (tertiary/aromatic N) is 2. The molecule has 0 fully saturated rings. The normalized spacial score (nSPS) is 7.60. The first-order valence-corrected chi connectivity index (χ1v) is 1.63. The molecule has 8 nitrogen and oxygen atoms in total. The van der Waals surface area contributed by atoms with E-state index in [1.807, 2.05) is 0 Å². The van der Waals surface area contributed by atoms with Gasteiger partial charge in [0, 0.05) is 0 Å². The average molecular weight is 151 g/mol. The molecule has 0 aromatic heterocycles. The van der Waals surface area contributed by atoms with Gasteiger partial charge in [-0.1, -0.05) is 10.2 Å². The summed E-state index contributed by atoms with van der Waals surface area (Å²) >= 11 is 0. The second-order valence-electron chi connectivity index (χ2n) is 0.876. The lowest BCUT2D eigenvalue weighted by atomic mass is 11.1. The summed E-state index contributed by atoms with van der Waals surface area (Å²) in [6, 6.07) is -2.08. The molecule has 0 aliphatic heterocycles. The molecule has 0 aromatic rings. The van der Waals surface area contributed by atoms with Crippen molar-refractivity contribution in [3.05, 3.63) is 0 Å².